The Labute approximate surface area is 171 Å². The number of aryl methyl sites for hydroxylation is 2. The summed E-state index contributed by atoms with van der Waals surface area (Å²) in [5, 5.41) is 17.9. The normalized spacial score (nSPS) is 15.4. The number of aromatic nitrogens is 3. The first-order chi connectivity index (χ1) is 12.2. The van der Waals surface area contributed by atoms with Crippen LogP contribution in [0, 0.1) is 0 Å². The minimum atomic E-state index is -0.880. The van der Waals surface area contributed by atoms with Crippen molar-refractivity contribution < 1.29 is 9.90 Å². The minimum absolute atomic E-state index is 0. The Morgan fingerprint density at radius 1 is 1.26 bits per heavy atom. The fraction of sp³-hybridized carbons (Fsp3) is 0.526. The topological polar surface area (TPSA) is 80.0 Å². The first kappa shape index (κ1) is 21.7. The second-order valence-electron chi connectivity index (χ2n) is 7.03. The molecule has 2 aromatic rings. The van der Waals surface area contributed by atoms with Crippen molar-refractivity contribution in [3.05, 3.63) is 35.3 Å². The fourth-order valence-corrected chi connectivity index (χ4v) is 4.14. The number of carboxylic acids is 1. The second kappa shape index (κ2) is 9.53. The zero-order valence-electron chi connectivity index (χ0n) is 15.2. The van der Waals surface area contributed by atoms with Gasteiger partial charge < -0.3 is 10.4 Å². The predicted octanol–water partition coefficient (Wildman–Crippen LogP) is 3.51. The molecule has 1 saturated carbocycles. The maximum Gasteiger partial charge on any atom is 0.354 e. The third-order valence-electron chi connectivity index (χ3n) is 5.39. The van der Waals surface area contributed by atoms with E-state index in [0.29, 0.717) is 18.3 Å². The predicted molar refractivity (Wildman–Crippen MR) is 109 cm³/mol. The molecule has 8 heteroatoms. The summed E-state index contributed by atoms with van der Waals surface area (Å²) in [5.74, 6) is -0.880. The van der Waals surface area contributed by atoms with E-state index in [0.717, 1.165) is 48.2 Å². The van der Waals surface area contributed by atoms with Gasteiger partial charge in [0.25, 0.3) is 0 Å². The summed E-state index contributed by atoms with van der Waals surface area (Å²) >= 11 is 0. The molecule has 0 spiro atoms. The molecule has 0 aliphatic heterocycles. The van der Waals surface area contributed by atoms with E-state index in [1.54, 1.807) is 10.9 Å². The van der Waals surface area contributed by atoms with Crippen LogP contribution < -0.4 is 5.32 Å². The number of fused-ring (bicyclic) bond motifs is 3. The summed E-state index contributed by atoms with van der Waals surface area (Å²) < 4.78 is 1.69. The van der Waals surface area contributed by atoms with Gasteiger partial charge in [0.05, 0.1) is 5.69 Å². The van der Waals surface area contributed by atoms with Gasteiger partial charge in [0.15, 0.2) is 0 Å². The van der Waals surface area contributed by atoms with Gasteiger partial charge in [-0.3, -0.25) is 9.67 Å². The van der Waals surface area contributed by atoms with Gasteiger partial charge in [-0.2, -0.15) is 5.10 Å². The largest absolute Gasteiger partial charge is 0.477 e. The van der Waals surface area contributed by atoms with Gasteiger partial charge in [0.1, 0.15) is 5.69 Å². The molecule has 0 atom stereocenters. The molecule has 1 fully saturated rings. The van der Waals surface area contributed by atoms with Crippen LogP contribution in [0.5, 0.6) is 0 Å². The molecule has 6 nitrogen and oxygen atoms in total. The molecule has 2 aliphatic carbocycles. The van der Waals surface area contributed by atoms with E-state index in [-0.39, 0.29) is 24.8 Å². The van der Waals surface area contributed by atoms with E-state index in [4.69, 9.17) is 0 Å². The number of nitrogens with zero attached hydrogens (tertiary/aromatic N) is 3. The van der Waals surface area contributed by atoms with Gasteiger partial charge in [-0.1, -0.05) is 12.8 Å². The smallest absolute Gasteiger partial charge is 0.354 e. The van der Waals surface area contributed by atoms with E-state index in [1.165, 1.54) is 25.7 Å². The first-order valence-electron chi connectivity index (χ1n) is 9.23. The van der Waals surface area contributed by atoms with E-state index in [2.05, 4.69) is 15.4 Å². The SMILES string of the molecule is Cl.Cl.O=C(O)c1c2c(nn1CCCNC1CCCC1)-c1ccncc1CC2. The number of carboxylic acid groups (broad SMARTS) is 1. The Morgan fingerprint density at radius 3 is 2.78 bits per heavy atom. The first-order valence-corrected chi connectivity index (χ1v) is 9.23. The van der Waals surface area contributed by atoms with Crippen LogP contribution in [0.1, 0.15) is 53.7 Å². The minimum Gasteiger partial charge on any atom is -0.477 e. The van der Waals surface area contributed by atoms with Crippen LogP contribution in [0.25, 0.3) is 11.3 Å². The zero-order valence-corrected chi connectivity index (χ0v) is 16.8. The Hall–Kier alpha value is -1.63. The quantitative estimate of drug-likeness (QED) is 0.709. The Kier molecular flexibility index (Phi) is 7.65. The lowest BCUT2D eigenvalue weighted by molar-refractivity contribution is 0.0681. The molecule has 2 N–H and O–H groups in total. The maximum absolute atomic E-state index is 11.8. The Morgan fingerprint density at radius 2 is 2.04 bits per heavy atom. The number of halogens is 2. The van der Waals surface area contributed by atoms with Crippen molar-refractivity contribution in [1.82, 2.24) is 20.1 Å². The number of hydrogen-bond donors (Lipinski definition) is 2. The van der Waals surface area contributed by atoms with Crippen LogP contribution in [0.2, 0.25) is 0 Å². The van der Waals surface area contributed by atoms with Crippen molar-refractivity contribution >= 4 is 30.8 Å². The average molecular weight is 413 g/mol. The van der Waals surface area contributed by atoms with Crippen molar-refractivity contribution in [2.75, 3.05) is 6.54 Å². The molecule has 148 valence electrons. The molecule has 2 aliphatic rings. The van der Waals surface area contributed by atoms with Crippen molar-refractivity contribution in [3.63, 3.8) is 0 Å². The average Bonchev–Trinajstić information content (AvgIpc) is 3.26. The van der Waals surface area contributed by atoms with Gasteiger partial charge in [-0.25, -0.2) is 4.79 Å². The van der Waals surface area contributed by atoms with Crippen molar-refractivity contribution in [3.8, 4) is 11.3 Å². The molecular formula is C19H26Cl2N4O2. The molecule has 0 radical (unpaired) electrons. The van der Waals surface area contributed by atoms with Crippen LogP contribution in [0.4, 0.5) is 0 Å². The standard InChI is InChI=1S/C19H24N4O2.2ClH/c24-19(25)18-16-7-6-13-12-20-10-8-15(13)17(16)22-23(18)11-3-9-21-14-4-1-2-5-14;;/h8,10,12,14,21H,1-7,9,11H2,(H,24,25);2*1H. The fourth-order valence-electron chi connectivity index (χ4n) is 4.14. The number of aromatic carboxylic acids is 1. The number of hydrogen-bond acceptors (Lipinski definition) is 4. The van der Waals surface area contributed by atoms with Gasteiger partial charge >= 0.3 is 5.97 Å². The third-order valence-corrected chi connectivity index (χ3v) is 5.39. The summed E-state index contributed by atoms with van der Waals surface area (Å²) in [6.07, 6.45) is 11.2. The van der Waals surface area contributed by atoms with Gasteiger partial charge in [-0.05, 0) is 50.3 Å². The number of nitrogens with one attached hydrogen (secondary N) is 1. The second-order valence-corrected chi connectivity index (χ2v) is 7.03. The summed E-state index contributed by atoms with van der Waals surface area (Å²) in [5.41, 5.74) is 4.24. The number of carbonyl (C=O) groups is 1. The van der Waals surface area contributed by atoms with E-state index >= 15 is 0 Å². The molecule has 0 aromatic carbocycles. The summed E-state index contributed by atoms with van der Waals surface area (Å²) in [4.78, 5) is 16.0. The molecule has 0 unspecified atom stereocenters. The maximum atomic E-state index is 11.8. The summed E-state index contributed by atoms with van der Waals surface area (Å²) in [6.45, 7) is 1.55. The highest BCUT2D eigenvalue weighted by molar-refractivity contribution is 5.90. The van der Waals surface area contributed by atoms with E-state index in [9.17, 15) is 9.90 Å². The lowest BCUT2D eigenvalue weighted by Gasteiger charge is -2.14. The Balaban J connectivity index is 0.00000131. The number of pyridine rings is 1. The molecular weight excluding hydrogens is 387 g/mol. The highest BCUT2D eigenvalue weighted by Crippen LogP contribution is 2.34. The molecule has 4 rings (SSSR count). The van der Waals surface area contributed by atoms with Gasteiger partial charge in [-0.15, -0.1) is 24.8 Å². The lowest BCUT2D eigenvalue weighted by Crippen LogP contribution is -2.28. The summed E-state index contributed by atoms with van der Waals surface area (Å²) in [6, 6.07) is 2.59. The molecule has 27 heavy (non-hydrogen) atoms. The highest BCUT2D eigenvalue weighted by Gasteiger charge is 2.28. The Bertz CT molecular complexity index is 788. The third kappa shape index (κ3) is 4.45. The van der Waals surface area contributed by atoms with E-state index < -0.39 is 5.97 Å². The van der Waals surface area contributed by atoms with Crippen molar-refractivity contribution in [1.29, 1.82) is 0 Å². The van der Waals surface area contributed by atoms with Crippen LogP contribution >= 0.6 is 24.8 Å². The van der Waals surface area contributed by atoms with Crippen molar-refractivity contribution in [2.45, 2.75) is 57.5 Å². The lowest BCUT2D eigenvalue weighted by atomic mass is 9.90. The molecule has 0 saturated heterocycles. The summed E-state index contributed by atoms with van der Waals surface area (Å²) in [7, 11) is 0. The van der Waals surface area contributed by atoms with Crippen LogP contribution in [-0.2, 0) is 19.4 Å². The molecule has 0 amide bonds. The number of rotatable bonds is 6. The van der Waals surface area contributed by atoms with Gasteiger partial charge in [0, 0.05) is 36.1 Å². The highest BCUT2D eigenvalue weighted by atomic mass is 35.5. The van der Waals surface area contributed by atoms with Gasteiger partial charge in [0.2, 0.25) is 0 Å². The molecule has 2 aromatic heterocycles. The van der Waals surface area contributed by atoms with Crippen LogP contribution in [-0.4, -0.2) is 38.4 Å². The van der Waals surface area contributed by atoms with E-state index in [1.807, 2.05) is 12.3 Å². The van der Waals surface area contributed by atoms with Crippen LogP contribution in [0.3, 0.4) is 0 Å². The molecule has 0 bridgehead atoms. The van der Waals surface area contributed by atoms with Crippen molar-refractivity contribution in [2.24, 2.45) is 0 Å². The van der Waals surface area contributed by atoms with Crippen LogP contribution in [0.15, 0.2) is 18.5 Å². The zero-order chi connectivity index (χ0) is 17.2. The monoisotopic (exact) mass is 412 g/mol. The molecule has 2 heterocycles.